The number of rotatable bonds is 5. The molecule has 1 aliphatic heterocycles. The third-order valence-electron chi connectivity index (χ3n) is 8.22. The Morgan fingerprint density at radius 3 is 2.72 bits per heavy atom. The van der Waals surface area contributed by atoms with Gasteiger partial charge in [-0.05, 0) is 78.9 Å². The number of benzene rings is 1. The highest BCUT2D eigenvalue weighted by Gasteiger charge is 2.65. The predicted octanol–water partition coefficient (Wildman–Crippen LogP) is 5.38. The maximum atomic E-state index is 6.27. The van der Waals surface area contributed by atoms with E-state index >= 15 is 0 Å². The number of ether oxygens (including phenoxy) is 4. The second kappa shape index (κ2) is 7.74. The molecule has 160 valence electrons. The molecule has 0 N–H and O–H groups in total. The van der Waals surface area contributed by atoms with E-state index in [4.69, 9.17) is 18.9 Å². The first-order chi connectivity index (χ1) is 14.1. The fourth-order valence-corrected chi connectivity index (χ4v) is 7.75. The molecule has 0 unspecified atom stereocenters. The maximum Gasteiger partial charge on any atom is 0.188 e. The van der Waals surface area contributed by atoms with E-state index in [1.807, 2.05) is 11.8 Å². The molecule has 29 heavy (non-hydrogen) atoms. The molecule has 1 aromatic carbocycles. The van der Waals surface area contributed by atoms with Gasteiger partial charge in [-0.2, -0.15) is 0 Å². The minimum Gasteiger partial charge on any atom is -0.466 e. The van der Waals surface area contributed by atoms with Crippen molar-refractivity contribution in [1.82, 2.24) is 0 Å². The van der Waals surface area contributed by atoms with Gasteiger partial charge in [0.25, 0.3) is 0 Å². The van der Waals surface area contributed by atoms with Crippen LogP contribution >= 0.6 is 11.8 Å². The van der Waals surface area contributed by atoms with Gasteiger partial charge in [-0.15, -0.1) is 11.8 Å². The second-order valence-electron chi connectivity index (χ2n) is 9.34. The van der Waals surface area contributed by atoms with Crippen molar-refractivity contribution in [2.75, 3.05) is 32.9 Å². The molecule has 1 saturated heterocycles. The molecule has 4 atom stereocenters. The van der Waals surface area contributed by atoms with Gasteiger partial charge in [0.2, 0.25) is 0 Å². The molecule has 3 fully saturated rings. The molecule has 4 nitrogen and oxygen atoms in total. The van der Waals surface area contributed by atoms with Crippen LogP contribution in [0, 0.1) is 17.3 Å². The lowest BCUT2D eigenvalue weighted by Crippen LogP contribution is -2.51. The average molecular weight is 419 g/mol. The van der Waals surface area contributed by atoms with Crippen molar-refractivity contribution in [3.05, 3.63) is 23.3 Å². The number of thioether (sulfide) groups is 1. The Hall–Kier alpha value is -0.750. The van der Waals surface area contributed by atoms with Gasteiger partial charge in [0.05, 0.1) is 13.2 Å². The Kier molecular flexibility index (Phi) is 5.38. The average Bonchev–Trinajstić information content (AvgIpc) is 3.32. The fourth-order valence-electron chi connectivity index (χ4n) is 6.97. The van der Waals surface area contributed by atoms with E-state index in [2.05, 4.69) is 26.0 Å². The van der Waals surface area contributed by atoms with E-state index in [-0.39, 0.29) is 11.2 Å². The van der Waals surface area contributed by atoms with E-state index in [1.165, 1.54) is 36.1 Å². The van der Waals surface area contributed by atoms with Crippen LogP contribution in [-0.2, 0) is 20.6 Å². The minimum atomic E-state index is -0.302. The summed E-state index contributed by atoms with van der Waals surface area (Å²) in [6.07, 6.45) is 7.20. The smallest absolute Gasteiger partial charge is 0.188 e. The third kappa shape index (κ3) is 3.07. The van der Waals surface area contributed by atoms with E-state index < -0.39 is 0 Å². The molecular formula is C24H34O4S. The first kappa shape index (κ1) is 20.2. The van der Waals surface area contributed by atoms with Crippen molar-refractivity contribution in [3.8, 4) is 5.75 Å². The van der Waals surface area contributed by atoms with Crippen LogP contribution in [-0.4, -0.2) is 38.7 Å². The van der Waals surface area contributed by atoms with Gasteiger partial charge in [0.15, 0.2) is 12.6 Å². The summed E-state index contributed by atoms with van der Waals surface area (Å²) in [6, 6.07) is 4.75. The quantitative estimate of drug-likeness (QED) is 0.474. The lowest BCUT2D eigenvalue weighted by molar-refractivity contribution is -0.237. The lowest BCUT2D eigenvalue weighted by Gasteiger charge is -2.52. The van der Waals surface area contributed by atoms with Crippen molar-refractivity contribution >= 4 is 11.8 Å². The summed E-state index contributed by atoms with van der Waals surface area (Å²) >= 11 is 1.88. The lowest BCUT2D eigenvalue weighted by atomic mass is 9.55. The molecule has 1 spiro atoms. The Morgan fingerprint density at radius 2 is 1.97 bits per heavy atom. The number of fused-ring (bicyclic) bond motifs is 6. The molecule has 1 heterocycles. The molecule has 0 radical (unpaired) electrons. The zero-order valence-corrected chi connectivity index (χ0v) is 18.8. The van der Waals surface area contributed by atoms with Crippen LogP contribution in [0.1, 0.15) is 63.0 Å². The summed E-state index contributed by atoms with van der Waals surface area (Å²) in [5, 5.41) is 0. The SMILES string of the molecule is CCSc1cc2c(cc1OCOC)CC[C@@H]1[C@@H]2CC[C@@]2(C)[C@H]1CCC21OCCO1. The predicted molar refractivity (Wildman–Crippen MR) is 115 cm³/mol. The fraction of sp³-hybridized carbons (Fsp3) is 0.750. The minimum absolute atomic E-state index is 0.171. The molecule has 2 saturated carbocycles. The molecule has 0 amide bonds. The highest BCUT2D eigenvalue weighted by atomic mass is 32.2. The Balaban J connectivity index is 1.46. The Morgan fingerprint density at radius 1 is 1.14 bits per heavy atom. The molecule has 0 bridgehead atoms. The van der Waals surface area contributed by atoms with Gasteiger partial charge in [0, 0.05) is 23.8 Å². The van der Waals surface area contributed by atoms with Crippen molar-refractivity contribution < 1.29 is 18.9 Å². The van der Waals surface area contributed by atoms with Crippen molar-refractivity contribution in [3.63, 3.8) is 0 Å². The van der Waals surface area contributed by atoms with E-state index in [9.17, 15) is 0 Å². The molecular weight excluding hydrogens is 384 g/mol. The second-order valence-corrected chi connectivity index (χ2v) is 10.6. The van der Waals surface area contributed by atoms with E-state index in [1.54, 1.807) is 12.7 Å². The van der Waals surface area contributed by atoms with Crippen LogP contribution < -0.4 is 4.74 Å². The molecule has 5 rings (SSSR count). The molecule has 0 aromatic heterocycles. The van der Waals surface area contributed by atoms with Crippen molar-refractivity contribution in [1.29, 1.82) is 0 Å². The van der Waals surface area contributed by atoms with E-state index in [0.29, 0.717) is 18.6 Å². The Bertz CT molecular complexity index is 759. The maximum absolute atomic E-state index is 6.27. The first-order valence-electron chi connectivity index (χ1n) is 11.3. The van der Waals surface area contributed by atoms with Crippen LogP contribution in [0.5, 0.6) is 5.75 Å². The summed E-state index contributed by atoms with van der Waals surface area (Å²) < 4.78 is 23.6. The number of aryl methyl sites for hydroxylation is 1. The zero-order chi connectivity index (χ0) is 20.1. The number of hydrogen-bond donors (Lipinski definition) is 0. The van der Waals surface area contributed by atoms with Crippen LogP contribution in [0.15, 0.2) is 17.0 Å². The normalized spacial score (nSPS) is 34.7. The zero-order valence-electron chi connectivity index (χ0n) is 18.0. The van der Waals surface area contributed by atoms with Crippen LogP contribution in [0.3, 0.4) is 0 Å². The molecule has 1 aromatic rings. The van der Waals surface area contributed by atoms with Gasteiger partial charge in [-0.3, -0.25) is 0 Å². The van der Waals surface area contributed by atoms with Crippen molar-refractivity contribution in [2.24, 2.45) is 17.3 Å². The van der Waals surface area contributed by atoms with E-state index in [0.717, 1.165) is 43.5 Å². The first-order valence-corrected chi connectivity index (χ1v) is 12.3. The summed E-state index contributed by atoms with van der Waals surface area (Å²) in [5.74, 6) is 3.86. The topological polar surface area (TPSA) is 36.9 Å². The largest absolute Gasteiger partial charge is 0.466 e. The highest BCUT2D eigenvalue weighted by molar-refractivity contribution is 7.99. The number of methoxy groups -OCH3 is 1. The van der Waals surface area contributed by atoms with Crippen LogP contribution in [0.4, 0.5) is 0 Å². The number of hydrogen-bond acceptors (Lipinski definition) is 5. The molecule has 4 aliphatic rings. The van der Waals surface area contributed by atoms with Crippen molar-refractivity contribution in [2.45, 2.75) is 69.0 Å². The molecule has 3 aliphatic carbocycles. The van der Waals surface area contributed by atoms with Gasteiger partial charge in [-0.25, -0.2) is 0 Å². The monoisotopic (exact) mass is 418 g/mol. The summed E-state index contributed by atoms with van der Waals surface area (Å²) in [4.78, 5) is 1.27. The van der Waals surface area contributed by atoms with Gasteiger partial charge < -0.3 is 18.9 Å². The van der Waals surface area contributed by atoms with Crippen LogP contribution in [0.25, 0.3) is 0 Å². The third-order valence-corrected chi connectivity index (χ3v) is 9.14. The van der Waals surface area contributed by atoms with Gasteiger partial charge >= 0.3 is 0 Å². The summed E-state index contributed by atoms with van der Waals surface area (Å²) in [5.41, 5.74) is 3.24. The van der Waals surface area contributed by atoms with Gasteiger partial charge in [0.1, 0.15) is 5.75 Å². The highest BCUT2D eigenvalue weighted by Crippen LogP contribution is 2.66. The standard InChI is InChI=1S/C24H34O4S/c1-4-29-22-14-19-16(13-21(22)26-15-25-3)5-6-18-17(19)7-9-23(2)20(18)8-10-24(23)27-11-12-28-24/h13-14,17-18,20H,4-12,15H2,1-3H3/t17-,18+,20-,23-/m0/s1. The van der Waals surface area contributed by atoms with Crippen LogP contribution in [0.2, 0.25) is 0 Å². The summed E-state index contributed by atoms with van der Waals surface area (Å²) in [6.45, 7) is 6.51. The van der Waals surface area contributed by atoms with Gasteiger partial charge in [-0.1, -0.05) is 13.8 Å². The molecule has 5 heteroatoms. The Labute approximate surface area is 179 Å². The summed E-state index contributed by atoms with van der Waals surface area (Å²) in [7, 11) is 1.68.